The number of hydrogen-bond acceptors (Lipinski definition) is 2. The van der Waals surface area contributed by atoms with E-state index in [0.717, 1.165) is 5.56 Å². The van der Waals surface area contributed by atoms with Crippen molar-refractivity contribution >= 4 is 11.3 Å². The average Bonchev–Trinajstić information content (AvgIpc) is 3.02. The molecule has 0 fully saturated rings. The molecule has 0 amide bonds. The zero-order valence-corrected chi connectivity index (χ0v) is 14.6. The molecule has 0 saturated heterocycles. The van der Waals surface area contributed by atoms with Crippen molar-refractivity contribution < 1.29 is 25.6 Å². The lowest BCUT2D eigenvalue weighted by molar-refractivity contribution is -0.597. The maximum Gasteiger partial charge on any atom is 0.357 e. The van der Waals surface area contributed by atoms with Crippen LogP contribution >= 0.6 is 11.3 Å². The molecule has 0 N–H and O–H groups in total. The molecule has 1 nitrogen and oxygen atoms in total. The fourth-order valence-corrected chi connectivity index (χ4v) is 4.74. The molecular weight excluding hydrogens is 408 g/mol. The molecule has 3 aromatic rings. The van der Waals surface area contributed by atoms with Crippen molar-refractivity contribution in [2.75, 3.05) is 0 Å². The minimum atomic E-state index is -0.524. The molecule has 0 spiro atoms. The Hall–Kier alpha value is -1.71. The third kappa shape index (κ3) is 4.15. The van der Waals surface area contributed by atoms with E-state index < -0.39 is 6.67 Å². The highest BCUT2D eigenvalue weighted by atomic mass is 127. The highest BCUT2D eigenvalue weighted by Gasteiger charge is 2.14. The Bertz CT molecular complexity index is 818. The van der Waals surface area contributed by atoms with Gasteiger partial charge >= 0.3 is 21.2 Å². The van der Waals surface area contributed by atoms with E-state index in [4.69, 9.17) is 0 Å². The Morgan fingerprint density at radius 3 is 2.59 bits per heavy atom. The number of halogens is 2. The van der Waals surface area contributed by atoms with Gasteiger partial charge in [0, 0.05) is 17.0 Å². The van der Waals surface area contributed by atoms with E-state index in [1.807, 2.05) is 18.2 Å². The van der Waals surface area contributed by atoms with Crippen LogP contribution in [0.4, 0.5) is 4.39 Å². The summed E-state index contributed by atoms with van der Waals surface area (Å²) in [5, 5.41) is 2.27. The van der Waals surface area contributed by atoms with Gasteiger partial charge in [0.05, 0.1) is 0 Å². The maximum atomic E-state index is 12.5. The monoisotopic (exact) mass is 420 g/mol. The summed E-state index contributed by atoms with van der Waals surface area (Å²) >= 11 is 1.12. The Morgan fingerprint density at radius 2 is 1.82 bits per heavy atom. The Kier molecular flexibility index (Phi) is 5.20. The Morgan fingerprint density at radius 1 is 1.00 bits per heavy atom. The van der Waals surface area contributed by atoms with Crippen LogP contribution in [0.15, 0.2) is 60.0 Å². The second kappa shape index (κ2) is 7.52. The third-order valence-corrected chi connectivity index (χ3v) is 6.23. The lowest BCUT2D eigenvalue weighted by Crippen LogP contribution is -3.61. The normalized spacial score (nSPS) is 10.0. The second-order valence-electron chi connectivity index (χ2n) is 4.41. The molecule has 1 heterocycles. The molecule has 3 rings (SSSR count). The molecule has 4 heteroatoms. The first-order valence-electron chi connectivity index (χ1n) is 6.66. The Labute approximate surface area is 143 Å². The number of alkyl halides is 1. The van der Waals surface area contributed by atoms with Gasteiger partial charge in [0.15, 0.2) is 7.14 Å². The molecule has 1 aromatic heterocycles. The van der Waals surface area contributed by atoms with E-state index in [1.165, 1.54) is 18.5 Å². The van der Waals surface area contributed by atoms with Gasteiger partial charge in [-0.05, 0) is 30.2 Å². The first-order valence-corrected chi connectivity index (χ1v) is 9.69. The highest BCUT2D eigenvalue weighted by Crippen LogP contribution is 2.09. The van der Waals surface area contributed by atoms with Crippen molar-refractivity contribution in [1.29, 1.82) is 0 Å². The zero-order chi connectivity index (χ0) is 15.2. The van der Waals surface area contributed by atoms with Gasteiger partial charge in [-0.3, -0.25) is 0 Å². The standard InChI is InChI=1S/C18H12FINS/c19-12-18-21-17(13-22-18)10-9-14-5-4-8-16(11-14)20-15-6-2-1-3-7-15/h1-8,11,13H,12H2/q+1. The Balaban J connectivity index is 1.77. The average molecular weight is 420 g/mol. The van der Waals surface area contributed by atoms with E-state index >= 15 is 0 Å². The smallest absolute Gasteiger partial charge is 0.243 e. The quantitative estimate of drug-likeness (QED) is 0.458. The van der Waals surface area contributed by atoms with Crippen LogP contribution in [-0.2, 0) is 6.67 Å². The van der Waals surface area contributed by atoms with Crippen LogP contribution in [0.3, 0.4) is 0 Å². The van der Waals surface area contributed by atoms with E-state index in [1.54, 1.807) is 5.38 Å². The van der Waals surface area contributed by atoms with Gasteiger partial charge in [0.1, 0.15) is 17.4 Å². The van der Waals surface area contributed by atoms with Gasteiger partial charge < -0.3 is 0 Å². The summed E-state index contributed by atoms with van der Waals surface area (Å²) in [6, 6.07) is 18.8. The van der Waals surface area contributed by atoms with Gasteiger partial charge in [-0.1, -0.05) is 30.2 Å². The van der Waals surface area contributed by atoms with Crippen LogP contribution in [0.2, 0.25) is 0 Å². The van der Waals surface area contributed by atoms with Crippen LogP contribution in [0.1, 0.15) is 16.3 Å². The van der Waals surface area contributed by atoms with E-state index in [0.29, 0.717) is 10.7 Å². The number of thiazole rings is 1. The molecule has 0 bridgehead atoms. The minimum Gasteiger partial charge on any atom is -0.243 e. The molecule has 0 aliphatic carbocycles. The van der Waals surface area contributed by atoms with E-state index in [9.17, 15) is 4.39 Å². The zero-order valence-electron chi connectivity index (χ0n) is 11.6. The third-order valence-electron chi connectivity index (χ3n) is 2.78. The van der Waals surface area contributed by atoms with Gasteiger partial charge in [-0.25, -0.2) is 9.37 Å². The van der Waals surface area contributed by atoms with Crippen molar-refractivity contribution in [3.63, 3.8) is 0 Å². The minimum absolute atomic E-state index is 0.184. The summed E-state index contributed by atoms with van der Waals surface area (Å²) in [6.07, 6.45) is 0. The van der Waals surface area contributed by atoms with Crippen LogP contribution < -0.4 is 21.2 Å². The summed E-state index contributed by atoms with van der Waals surface area (Å²) in [5.41, 5.74) is 1.61. The number of nitrogens with zero attached hydrogens (tertiary/aromatic N) is 1. The predicted molar refractivity (Wildman–Crippen MR) is 83.2 cm³/mol. The van der Waals surface area contributed by atoms with Gasteiger partial charge in [-0.15, -0.1) is 11.3 Å². The van der Waals surface area contributed by atoms with Crippen LogP contribution in [-0.4, -0.2) is 4.98 Å². The SMILES string of the molecule is FCc1nc(C#Cc2cccc([I+]c3ccccc3)c2)cs1. The summed E-state index contributed by atoms with van der Waals surface area (Å²) in [5.74, 6) is 6.12. The molecule has 0 saturated carbocycles. The van der Waals surface area contributed by atoms with Gasteiger partial charge in [0.2, 0.25) is 0 Å². The number of hydrogen-bond donors (Lipinski definition) is 0. The van der Waals surface area contributed by atoms with Crippen LogP contribution in [0.25, 0.3) is 0 Å². The molecule has 0 unspecified atom stereocenters. The largest absolute Gasteiger partial charge is 0.357 e. The van der Waals surface area contributed by atoms with Crippen LogP contribution in [0.5, 0.6) is 0 Å². The second-order valence-corrected chi connectivity index (χ2v) is 8.38. The van der Waals surface area contributed by atoms with Crippen molar-refractivity contribution in [1.82, 2.24) is 4.98 Å². The van der Waals surface area contributed by atoms with Crippen molar-refractivity contribution in [3.05, 3.63) is 83.4 Å². The summed E-state index contributed by atoms with van der Waals surface area (Å²) in [4.78, 5) is 4.11. The van der Waals surface area contributed by atoms with Gasteiger partial charge in [-0.2, -0.15) is 0 Å². The first-order chi connectivity index (χ1) is 10.8. The maximum absolute atomic E-state index is 12.5. The van der Waals surface area contributed by atoms with Gasteiger partial charge in [0.25, 0.3) is 0 Å². The number of benzene rings is 2. The van der Waals surface area contributed by atoms with E-state index in [-0.39, 0.29) is 21.2 Å². The number of aromatic nitrogens is 1. The lowest BCUT2D eigenvalue weighted by atomic mass is 10.2. The van der Waals surface area contributed by atoms with E-state index in [2.05, 4.69) is 53.2 Å². The van der Waals surface area contributed by atoms with Crippen molar-refractivity contribution in [3.8, 4) is 11.8 Å². The fraction of sp³-hybridized carbons (Fsp3) is 0.0556. The first kappa shape index (κ1) is 15.2. The highest BCUT2D eigenvalue weighted by molar-refractivity contribution is 7.09. The van der Waals surface area contributed by atoms with Crippen molar-refractivity contribution in [2.45, 2.75) is 6.67 Å². The van der Waals surface area contributed by atoms with Crippen LogP contribution in [0, 0.1) is 19.0 Å². The lowest BCUT2D eigenvalue weighted by Gasteiger charge is -1.89. The molecule has 0 radical (unpaired) electrons. The predicted octanol–water partition coefficient (Wildman–Crippen LogP) is 1.14. The topological polar surface area (TPSA) is 12.9 Å². The summed E-state index contributed by atoms with van der Waals surface area (Å²) in [6.45, 7) is -0.524. The summed E-state index contributed by atoms with van der Waals surface area (Å²) < 4.78 is 15.2. The molecule has 0 aliphatic heterocycles. The molecule has 108 valence electrons. The summed E-state index contributed by atoms with van der Waals surface area (Å²) in [7, 11) is 0. The number of rotatable bonds is 3. The van der Waals surface area contributed by atoms with Crippen molar-refractivity contribution in [2.24, 2.45) is 0 Å². The molecule has 2 aromatic carbocycles. The molecule has 22 heavy (non-hydrogen) atoms. The molecule has 0 atom stereocenters. The fourth-order valence-electron chi connectivity index (χ4n) is 1.79. The molecular formula is C18H12FINS+. The molecule has 0 aliphatic rings.